The molecule has 2 heterocycles. The van der Waals surface area contributed by atoms with Crippen molar-refractivity contribution >= 4 is 113 Å². The fourth-order valence-electron chi connectivity index (χ4n) is 10.9. The zero-order chi connectivity index (χ0) is 44.0. The Morgan fingerprint density at radius 2 is 0.851 bits per heavy atom. The summed E-state index contributed by atoms with van der Waals surface area (Å²) in [6, 6.07) is 89.5. The van der Waals surface area contributed by atoms with E-state index < -0.39 is 0 Å². The molecule has 0 saturated carbocycles. The Kier molecular flexibility index (Phi) is 8.49. The van der Waals surface area contributed by atoms with Crippen LogP contribution in [-0.4, -0.2) is 4.57 Å². The second kappa shape index (κ2) is 15.0. The van der Waals surface area contributed by atoms with Crippen LogP contribution in [0.3, 0.4) is 0 Å². The van der Waals surface area contributed by atoms with Crippen molar-refractivity contribution in [2.45, 2.75) is 0 Å². The molecule has 2 nitrogen and oxygen atoms in total. The molecule has 67 heavy (non-hydrogen) atoms. The van der Waals surface area contributed by atoms with E-state index in [-0.39, 0.29) is 0 Å². The molecule has 0 aliphatic rings. The van der Waals surface area contributed by atoms with Gasteiger partial charge in [0, 0.05) is 53.4 Å². The Bertz CT molecular complexity index is 4230. The van der Waals surface area contributed by atoms with Gasteiger partial charge in [-0.15, -0.1) is 11.3 Å². The number of hydrogen-bond donors (Lipinski definition) is 0. The van der Waals surface area contributed by atoms with Crippen LogP contribution in [0.1, 0.15) is 0 Å². The van der Waals surface area contributed by atoms with E-state index in [4.69, 9.17) is 0 Å². The van der Waals surface area contributed by atoms with E-state index in [1.165, 1.54) is 107 Å². The molecule has 0 atom stereocenters. The third-order valence-electron chi connectivity index (χ3n) is 13.9. The zero-order valence-electron chi connectivity index (χ0n) is 36.4. The molecule has 0 amide bonds. The van der Waals surface area contributed by atoms with E-state index in [1.54, 1.807) is 0 Å². The van der Waals surface area contributed by atoms with Crippen LogP contribution >= 0.6 is 11.3 Å². The first-order valence-electron chi connectivity index (χ1n) is 23.0. The third kappa shape index (κ3) is 5.95. The molecule has 312 valence electrons. The van der Waals surface area contributed by atoms with E-state index in [9.17, 15) is 0 Å². The summed E-state index contributed by atoms with van der Waals surface area (Å²) in [7, 11) is 0. The number of aromatic nitrogens is 1. The Hall–Kier alpha value is -8.50. The molecule has 0 radical (unpaired) electrons. The topological polar surface area (TPSA) is 8.17 Å². The van der Waals surface area contributed by atoms with Gasteiger partial charge >= 0.3 is 0 Å². The number of para-hydroxylation sites is 1. The van der Waals surface area contributed by atoms with Gasteiger partial charge in [-0.3, -0.25) is 0 Å². The molecule has 12 aromatic carbocycles. The van der Waals surface area contributed by atoms with E-state index in [0.29, 0.717) is 0 Å². The van der Waals surface area contributed by atoms with Gasteiger partial charge < -0.3 is 9.47 Å². The Labute approximate surface area is 391 Å². The smallest absolute Gasteiger partial charge is 0.0541 e. The van der Waals surface area contributed by atoms with Gasteiger partial charge in [0.1, 0.15) is 0 Å². The molecule has 0 bridgehead atoms. The van der Waals surface area contributed by atoms with Crippen LogP contribution in [0.5, 0.6) is 0 Å². The summed E-state index contributed by atoms with van der Waals surface area (Å²) in [5.74, 6) is 0. The molecule has 0 aliphatic heterocycles. The quantitative estimate of drug-likeness (QED) is 0.151. The van der Waals surface area contributed by atoms with Gasteiger partial charge in [0.2, 0.25) is 0 Å². The summed E-state index contributed by atoms with van der Waals surface area (Å²) >= 11 is 1.89. The van der Waals surface area contributed by atoms with Crippen molar-refractivity contribution in [3.05, 3.63) is 243 Å². The van der Waals surface area contributed by atoms with Gasteiger partial charge in [-0.05, 0) is 133 Å². The average molecular weight is 869 g/mol. The summed E-state index contributed by atoms with van der Waals surface area (Å²) in [6.07, 6.45) is 0. The maximum Gasteiger partial charge on any atom is 0.0541 e. The highest BCUT2D eigenvalue weighted by atomic mass is 32.1. The Morgan fingerprint density at radius 3 is 1.60 bits per heavy atom. The Morgan fingerprint density at radius 1 is 0.313 bits per heavy atom. The number of benzene rings is 12. The molecule has 0 spiro atoms. The molecule has 0 aliphatic carbocycles. The maximum atomic E-state index is 2.48. The molecule has 0 N–H and O–H groups in total. The van der Waals surface area contributed by atoms with E-state index >= 15 is 0 Å². The lowest BCUT2D eigenvalue weighted by Gasteiger charge is -2.27. The molecule has 2 aromatic heterocycles. The summed E-state index contributed by atoms with van der Waals surface area (Å²) < 4.78 is 5.13. The normalized spacial score (nSPS) is 11.9. The fourth-order valence-corrected chi connectivity index (χ4v) is 12.1. The van der Waals surface area contributed by atoms with Crippen LogP contribution in [-0.2, 0) is 0 Å². The van der Waals surface area contributed by atoms with Crippen molar-refractivity contribution in [1.82, 2.24) is 4.57 Å². The lowest BCUT2D eigenvalue weighted by Crippen LogP contribution is -2.10. The third-order valence-corrected chi connectivity index (χ3v) is 15.2. The first-order valence-corrected chi connectivity index (χ1v) is 23.8. The predicted molar refractivity (Wildman–Crippen MR) is 289 cm³/mol. The number of nitrogens with zero attached hydrogens (tertiary/aromatic N) is 2. The van der Waals surface area contributed by atoms with Gasteiger partial charge in [0.05, 0.1) is 16.7 Å². The van der Waals surface area contributed by atoms with Crippen LogP contribution in [0.25, 0.3) is 113 Å². The number of thiophene rings is 1. The van der Waals surface area contributed by atoms with Gasteiger partial charge in [-0.2, -0.15) is 0 Å². The van der Waals surface area contributed by atoms with Crippen molar-refractivity contribution in [1.29, 1.82) is 0 Å². The largest absolute Gasteiger partial charge is 0.310 e. The first-order chi connectivity index (χ1) is 33.2. The molecular weight excluding hydrogens is 829 g/mol. The minimum atomic E-state index is 1.11. The van der Waals surface area contributed by atoms with Crippen molar-refractivity contribution in [3.8, 4) is 27.9 Å². The summed E-state index contributed by atoms with van der Waals surface area (Å²) in [5, 5.41) is 15.2. The highest BCUT2D eigenvalue weighted by molar-refractivity contribution is 7.26. The standard InChI is InChI=1S/C64H40N2S/c1-2-16-45(17-3-1)65(60-26-12-15-42-14-4-5-18-48(42)60)46-32-28-41(29-33-46)43-30-36-61-58(38-43)59-39-44(49-24-13-25-56-55-23-10-11-27-63(55)67-64(49)56)31-37-62(59)66(61)47-34-35-54-52-21-7-6-19-50(52)51-20-8-9-22-53(51)57(54)40-47/h1-40H. The molecule has 0 fully saturated rings. The van der Waals surface area contributed by atoms with Gasteiger partial charge in [0.15, 0.2) is 0 Å². The first kappa shape index (κ1) is 37.8. The minimum Gasteiger partial charge on any atom is -0.310 e. The van der Waals surface area contributed by atoms with Crippen LogP contribution in [0, 0.1) is 0 Å². The van der Waals surface area contributed by atoms with Gasteiger partial charge in [-0.25, -0.2) is 0 Å². The van der Waals surface area contributed by atoms with Crippen molar-refractivity contribution in [2.75, 3.05) is 4.90 Å². The molecular formula is C64H40N2S. The van der Waals surface area contributed by atoms with E-state index in [0.717, 1.165) is 22.7 Å². The minimum absolute atomic E-state index is 1.11. The molecule has 0 saturated heterocycles. The predicted octanol–water partition coefficient (Wildman–Crippen LogP) is 18.6. The molecule has 14 aromatic rings. The zero-order valence-corrected chi connectivity index (χ0v) is 37.2. The summed E-state index contributed by atoms with van der Waals surface area (Å²) in [5.41, 5.74) is 11.8. The van der Waals surface area contributed by atoms with Crippen LogP contribution < -0.4 is 4.90 Å². The second-order valence-electron chi connectivity index (χ2n) is 17.6. The highest BCUT2D eigenvalue weighted by Crippen LogP contribution is 2.45. The SMILES string of the molecule is c1ccc(N(c2ccc(-c3ccc4c(c3)c3cc(-c5cccc6c5sc5ccccc56)ccc3n4-c3ccc4c5ccccc5c5ccccc5c4c3)cc2)c2cccc3ccccc23)cc1. The molecule has 0 unspecified atom stereocenters. The van der Waals surface area contributed by atoms with E-state index in [1.807, 2.05) is 11.3 Å². The van der Waals surface area contributed by atoms with Crippen LogP contribution in [0.4, 0.5) is 17.1 Å². The Balaban J connectivity index is 0.962. The molecule has 3 heteroatoms. The lowest BCUT2D eigenvalue weighted by atomic mass is 9.94. The van der Waals surface area contributed by atoms with Crippen LogP contribution in [0.2, 0.25) is 0 Å². The summed E-state index contributed by atoms with van der Waals surface area (Å²) in [4.78, 5) is 2.37. The molecule has 14 rings (SSSR count). The van der Waals surface area contributed by atoms with Crippen molar-refractivity contribution < 1.29 is 0 Å². The average Bonchev–Trinajstić information content (AvgIpc) is 3.95. The number of hydrogen-bond acceptors (Lipinski definition) is 2. The lowest BCUT2D eigenvalue weighted by molar-refractivity contribution is 1.19. The number of fused-ring (bicyclic) bond motifs is 13. The maximum absolute atomic E-state index is 2.48. The monoisotopic (exact) mass is 868 g/mol. The van der Waals surface area contributed by atoms with Gasteiger partial charge in [0.25, 0.3) is 0 Å². The fraction of sp³-hybridized carbons (Fsp3) is 0. The number of rotatable bonds is 6. The van der Waals surface area contributed by atoms with Crippen molar-refractivity contribution in [3.63, 3.8) is 0 Å². The number of anilines is 3. The second-order valence-corrected chi connectivity index (χ2v) is 18.7. The van der Waals surface area contributed by atoms with Crippen LogP contribution in [0.15, 0.2) is 243 Å². The van der Waals surface area contributed by atoms with E-state index in [2.05, 4.69) is 252 Å². The van der Waals surface area contributed by atoms with Crippen molar-refractivity contribution in [2.24, 2.45) is 0 Å². The van der Waals surface area contributed by atoms with Gasteiger partial charge in [-0.1, -0.05) is 170 Å². The summed E-state index contributed by atoms with van der Waals surface area (Å²) in [6.45, 7) is 0. The highest BCUT2D eigenvalue weighted by Gasteiger charge is 2.19.